The average Bonchev–Trinajstić information content (AvgIpc) is 2.59. The summed E-state index contributed by atoms with van der Waals surface area (Å²) in [5.74, 6) is 0.187. The third kappa shape index (κ3) is 1.66. The number of ether oxygens (including phenoxy) is 1. The van der Waals surface area contributed by atoms with Gasteiger partial charge in [-0.25, -0.2) is 4.98 Å². The van der Waals surface area contributed by atoms with Gasteiger partial charge in [-0.3, -0.25) is 9.20 Å². The zero-order chi connectivity index (χ0) is 11.0. The smallest absolute Gasteiger partial charge is 0.259 e. The minimum absolute atomic E-state index is 0.114. The summed E-state index contributed by atoms with van der Waals surface area (Å²) in [4.78, 5) is 19.2. The normalized spacial score (nSPS) is 10.6. The molecule has 0 saturated carbocycles. The molecule has 0 bridgehead atoms. The Kier molecular flexibility index (Phi) is 2.32. The fraction of sp³-hybridized carbons (Fsp3) is 0.222. The van der Waals surface area contributed by atoms with Crippen molar-refractivity contribution in [3.8, 4) is 5.88 Å². The SMILES string of the molecule is COc1nc(Cl)cn2cc(C(C)=O)nc12. The molecule has 2 aromatic heterocycles. The second kappa shape index (κ2) is 3.51. The van der Waals surface area contributed by atoms with Crippen molar-refractivity contribution in [2.75, 3.05) is 7.11 Å². The lowest BCUT2D eigenvalue weighted by molar-refractivity contribution is 0.101. The number of imidazole rings is 1. The van der Waals surface area contributed by atoms with Crippen molar-refractivity contribution in [2.45, 2.75) is 6.92 Å². The van der Waals surface area contributed by atoms with E-state index in [2.05, 4.69) is 9.97 Å². The molecule has 0 aliphatic heterocycles. The molecule has 2 rings (SSSR count). The summed E-state index contributed by atoms with van der Waals surface area (Å²) in [5, 5.41) is 0.284. The molecule has 0 unspecified atom stereocenters. The number of carbonyl (C=O) groups is 1. The van der Waals surface area contributed by atoms with E-state index in [9.17, 15) is 4.79 Å². The Labute approximate surface area is 90.7 Å². The number of carbonyl (C=O) groups excluding carboxylic acids is 1. The van der Waals surface area contributed by atoms with Gasteiger partial charge in [0.1, 0.15) is 10.8 Å². The summed E-state index contributed by atoms with van der Waals surface area (Å²) >= 11 is 5.77. The van der Waals surface area contributed by atoms with Crippen LogP contribution >= 0.6 is 11.6 Å². The van der Waals surface area contributed by atoms with Crippen LogP contribution in [-0.2, 0) is 0 Å². The van der Waals surface area contributed by atoms with Crippen molar-refractivity contribution in [1.82, 2.24) is 14.4 Å². The van der Waals surface area contributed by atoms with Gasteiger partial charge in [-0.15, -0.1) is 0 Å². The van der Waals surface area contributed by atoms with Gasteiger partial charge in [0.05, 0.1) is 7.11 Å². The first-order chi connectivity index (χ1) is 7.11. The number of hydrogen-bond acceptors (Lipinski definition) is 4. The number of ketones is 1. The average molecular weight is 226 g/mol. The van der Waals surface area contributed by atoms with Crippen LogP contribution in [0.2, 0.25) is 5.15 Å². The van der Waals surface area contributed by atoms with Gasteiger partial charge in [0, 0.05) is 19.3 Å². The third-order valence-electron chi connectivity index (χ3n) is 1.93. The van der Waals surface area contributed by atoms with E-state index < -0.39 is 0 Å². The van der Waals surface area contributed by atoms with Crippen LogP contribution in [0.4, 0.5) is 0 Å². The van der Waals surface area contributed by atoms with Gasteiger partial charge < -0.3 is 4.74 Å². The lowest BCUT2D eigenvalue weighted by atomic mass is 10.3. The largest absolute Gasteiger partial charge is 0.478 e. The number of methoxy groups -OCH3 is 1. The monoisotopic (exact) mass is 225 g/mol. The van der Waals surface area contributed by atoms with E-state index >= 15 is 0 Å². The molecule has 0 aromatic carbocycles. The maximum Gasteiger partial charge on any atom is 0.259 e. The Morgan fingerprint density at radius 3 is 2.80 bits per heavy atom. The molecule has 0 atom stereocenters. The summed E-state index contributed by atoms with van der Waals surface area (Å²) in [6.07, 6.45) is 3.16. The molecule has 0 radical (unpaired) electrons. The molecule has 5 nitrogen and oxygen atoms in total. The Bertz CT molecular complexity index is 535. The first-order valence-electron chi connectivity index (χ1n) is 4.22. The highest BCUT2D eigenvalue weighted by Gasteiger charge is 2.11. The van der Waals surface area contributed by atoms with Gasteiger partial charge in [0.2, 0.25) is 5.65 Å². The number of aromatic nitrogens is 3. The molecule has 0 saturated heterocycles. The van der Waals surface area contributed by atoms with E-state index in [0.717, 1.165) is 0 Å². The number of rotatable bonds is 2. The predicted octanol–water partition coefficient (Wildman–Crippen LogP) is 1.59. The van der Waals surface area contributed by atoms with Gasteiger partial charge in [0.25, 0.3) is 5.88 Å². The minimum atomic E-state index is -0.114. The highest BCUT2D eigenvalue weighted by atomic mass is 35.5. The Hall–Kier alpha value is -1.62. The van der Waals surface area contributed by atoms with Crippen LogP contribution in [0.15, 0.2) is 12.4 Å². The summed E-state index contributed by atoms with van der Waals surface area (Å²) < 4.78 is 6.63. The maximum absolute atomic E-state index is 11.1. The van der Waals surface area contributed by atoms with Crippen LogP contribution in [0, 0.1) is 0 Å². The Balaban J connectivity index is 2.74. The van der Waals surface area contributed by atoms with Crippen molar-refractivity contribution < 1.29 is 9.53 Å². The standard InChI is InChI=1S/C9H8ClN3O2/c1-5(14)6-3-13-4-7(10)12-9(15-2)8(13)11-6/h3-4H,1-2H3. The van der Waals surface area contributed by atoms with Crippen molar-refractivity contribution in [3.05, 3.63) is 23.2 Å². The molecule has 78 valence electrons. The van der Waals surface area contributed by atoms with Crippen LogP contribution in [0.3, 0.4) is 0 Å². The highest BCUT2D eigenvalue weighted by Crippen LogP contribution is 2.19. The molecule has 0 spiro atoms. The number of fused-ring (bicyclic) bond motifs is 1. The number of nitrogens with zero attached hydrogens (tertiary/aromatic N) is 3. The van der Waals surface area contributed by atoms with E-state index in [1.54, 1.807) is 16.8 Å². The molecule has 0 aliphatic rings. The second-order valence-electron chi connectivity index (χ2n) is 2.99. The topological polar surface area (TPSA) is 56.5 Å². The van der Waals surface area contributed by atoms with E-state index in [-0.39, 0.29) is 10.9 Å². The molecule has 2 aromatic rings. The number of Topliss-reactive ketones (excluding diaryl/α,β-unsaturated/α-hetero) is 1. The van der Waals surface area contributed by atoms with Crippen LogP contribution in [0.25, 0.3) is 5.65 Å². The van der Waals surface area contributed by atoms with Gasteiger partial charge in [-0.05, 0) is 0 Å². The Morgan fingerprint density at radius 1 is 1.47 bits per heavy atom. The molecule has 0 amide bonds. The van der Waals surface area contributed by atoms with Gasteiger partial charge in [-0.1, -0.05) is 11.6 Å². The third-order valence-corrected chi connectivity index (χ3v) is 2.11. The van der Waals surface area contributed by atoms with Gasteiger partial charge in [-0.2, -0.15) is 4.98 Å². The summed E-state index contributed by atoms with van der Waals surface area (Å²) in [6.45, 7) is 1.45. The fourth-order valence-corrected chi connectivity index (χ4v) is 1.43. The van der Waals surface area contributed by atoms with Crippen molar-refractivity contribution in [2.24, 2.45) is 0 Å². The minimum Gasteiger partial charge on any atom is -0.478 e. The van der Waals surface area contributed by atoms with E-state index in [1.165, 1.54) is 14.0 Å². The highest BCUT2D eigenvalue weighted by molar-refractivity contribution is 6.29. The molecule has 0 N–H and O–H groups in total. The predicted molar refractivity (Wildman–Crippen MR) is 54.6 cm³/mol. The lowest BCUT2D eigenvalue weighted by Crippen LogP contribution is -1.94. The second-order valence-corrected chi connectivity index (χ2v) is 3.37. The van der Waals surface area contributed by atoms with E-state index in [0.29, 0.717) is 17.2 Å². The van der Waals surface area contributed by atoms with E-state index in [1.807, 2.05) is 0 Å². The molecular weight excluding hydrogens is 218 g/mol. The van der Waals surface area contributed by atoms with Crippen LogP contribution in [0.5, 0.6) is 5.88 Å². The Morgan fingerprint density at radius 2 is 2.20 bits per heavy atom. The van der Waals surface area contributed by atoms with Crippen LogP contribution < -0.4 is 4.74 Å². The molecule has 15 heavy (non-hydrogen) atoms. The molecule has 0 fully saturated rings. The number of hydrogen-bond donors (Lipinski definition) is 0. The first kappa shape index (κ1) is 9.92. The van der Waals surface area contributed by atoms with Gasteiger partial charge in [0.15, 0.2) is 5.78 Å². The maximum atomic E-state index is 11.1. The van der Waals surface area contributed by atoms with E-state index in [4.69, 9.17) is 16.3 Å². The fourth-order valence-electron chi connectivity index (χ4n) is 1.25. The summed E-state index contributed by atoms with van der Waals surface area (Å²) in [6, 6.07) is 0. The summed E-state index contributed by atoms with van der Waals surface area (Å²) in [7, 11) is 1.47. The zero-order valence-electron chi connectivity index (χ0n) is 8.19. The quantitative estimate of drug-likeness (QED) is 0.729. The molecule has 0 aliphatic carbocycles. The zero-order valence-corrected chi connectivity index (χ0v) is 8.95. The van der Waals surface area contributed by atoms with Crippen molar-refractivity contribution in [3.63, 3.8) is 0 Å². The molecular formula is C9H8ClN3O2. The lowest BCUT2D eigenvalue weighted by Gasteiger charge is -2.00. The number of halogens is 1. The van der Waals surface area contributed by atoms with Gasteiger partial charge >= 0.3 is 0 Å². The molecule has 6 heteroatoms. The van der Waals surface area contributed by atoms with Crippen molar-refractivity contribution >= 4 is 23.0 Å². The first-order valence-corrected chi connectivity index (χ1v) is 4.60. The van der Waals surface area contributed by atoms with Crippen LogP contribution in [-0.4, -0.2) is 27.3 Å². The molecule has 2 heterocycles. The van der Waals surface area contributed by atoms with Crippen molar-refractivity contribution in [1.29, 1.82) is 0 Å². The summed E-state index contributed by atoms with van der Waals surface area (Å²) in [5.41, 5.74) is 0.837. The van der Waals surface area contributed by atoms with Crippen LogP contribution in [0.1, 0.15) is 17.4 Å².